The first-order valence-electron chi connectivity index (χ1n) is 4.84. The van der Waals surface area contributed by atoms with Crippen LogP contribution in [-0.4, -0.2) is 0 Å². The number of hydrogen-bond donors (Lipinski definition) is 1. The van der Waals surface area contributed by atoms with Crippen LogP contribution >= 0.6 is 23.2 Å². The van der Waals surface area contributed by atoms with Gasteiger partial charge in [0.15, 0.2) is 0 Å². The third-order valence-corrected chi connectivity index (χ3v) is 3.28. The zero-order valence-electron chi connectivity index (χ0n) is 8.71. The van der Waals surface area contributed by atoms with Crippen LogP contribution in [-0.2, 0) is 0 Å². The van der Waals surface area contributed by atoms with E-state index in [1.54, 1.807) is 18.4 Å². The van der Waals surface area contributed by atoms with Gasteiger partial charge in [-0.25, -0.2) is 0 Å². The third kappa shape index (κ3) is 2.09. The minimum atomic E-state index is -0.242. The number of aryl methyl sites for hydroxylation is 1. The zero-order valence-corrected chi connectivity index (χ0v) is 10.2. The molecule has 1 atom stereocenters. The number of halogens is 2. The van der Waals surface area contributed by atoms with Gasteiger partial charge in [-0.2, -0.15) is 0 Å². The molecule has 0 spiro atoms. The molecular formula is C12H11Cl2NO. The van der Waals surface area contributed by atoms with E-state index >= 15 is 0 Å². The van der Waals surface area contributed by atoms with Crippen molar-refractivity contribution in [3.05, 3.63) is 57.5 Å². The summed E-state index contributed by atoms with van der Waals surface area (Å²) in [6.07, 6.45) is 1.63. The maximum absolute atomic E-state index is 6.12. The molecular weight excluding hydrogens is 245 g/mol. The van der Waals surface area contributed by atoms with Gasteiger partial charge in [-0.05, 0) is 30.7 Å². The van der Waals surface area contributed by atoms with Crippen LogP contribution in [0.3, 0.4) is 0 Å². The highest BCUT2D eigenvalue weighted by molar-refractivity contribution is 6.42. The quantitative estimate of drug-likeness (QED) is 0.883. The van der Waals surface area contributed by atoms with Crippen molar-refractivity contribution in [2.24, 2.45) is 5.73 Å². The van der Waals surface area contributed by atoms with Crippen molar-refractivity contribution in [2.75, 3.05) is 0 Å². The molecule has 84 valence electrons. The molecule has 0 aliphatic heterocycles. The molecule has 2 N–H and O–H groups in total. The summed E-state index contributed by atoms with van der Waals surface area (Å²) in [5.41, 5.74) is 7.99. The second kappa shape index (κ2) is 4.50. The number of benzene rings is 1. The molecule has 0 saturated carbocycles. The largest absolute Gasteiger partial charge is 0.469 e. The predicted octanol–water partition coefficient (Wildman–Crippen LogP) is 3.94. The lowest BCUT2D eigenvalue weighted by atomic mass is 10.0. The van der Waals surface area contributed by atoms with Crippen molar-refractivity contribution in [1.29, 1.82) is 0 Å². The molecule has 2 rings (SSSR count). The van der Waals surface area contributed by atoms with E-state index in [1.165, 1.54) is 0 Å². The molecule has 1 heterocycles. The van der Waals surface area contributed by atoms with Crippen molar-refractivity contribution in [2.45, 2.75) is 13.0 Å². The van der Waals surface area contributed by atoms with Gasteiger partial charge in [0.2, 0.25) is 0 Å². The van der Waals surface area contributed by atoms with Crippen molar-refractivity contribution in [3.63, 3.8) is 0 Å². The summed E-state index contributed by atoms with van der Waals surface area (Å²) in [6.45, 7) is 1.88. The molecule has 2 aromatic rings. The highest BCUT2D eigenvalue weighted by Gasteiger charge is 2.14. The molecule has 1 aromatic heterocycles. The third-order valence-electron chi connectivity index (χ3n) is 2.54. The molecule has 0 amide bonds. The van der Waals surface area contributed by atoms with Crippen molar-refractivity contribution in [1.82, 2.24) is 0 Å². The lowest BCUT2D eigenvalue weighted by molar-refractivity contribution is 0.527. The molecule has 0 radical (unpaired) electrons. The fraction of sp³-hybridized carbons (Fsp3) is 0.167. The van der Waals surface area contributed by atoms with E-state index < -0.39 is 0 Å². The Hall–Kier alpha value is -0.960. The smallest absolute Gasteiger partial charge is 0.105 e. The van der Waals surface area contributed by atoms with Crippen molar-refractivity contribution >= 4 is 23.2 Å². The van der Waals surface area contributed by atoms with Crippen molar-refractivity contribution in [3.8, 4) is 0 Å². The Bertz CT molecular complexity index is 507. The van der Waals surface area contributed by atoms with E-state index in [9.17, 15) is 0 Å². The van der Waals surface area contributed by atoms with Crippen molar-refractivity contribution < 1.29 is 4.42 Å². The van der Waals surface area contributed by atoms with Gasteiger partial charge in [-0.1, -0.05) is 29.3 Å². The molecule has 16 heavy (non-hydrogen) atoms. The minimum Gasteiger partial charge on any atom is -0.469 e. The second-order valence-corrected chi connectivity index (χ2v) is 4.40. The Morgan fingerprint density at radius 3 is 2.50 bits per heavy atom. The maximum atomic E-state index is 6.12. The average molecular weight is 256 g/mol. The van der Waals surface area contributed by atoms with Crippen LogP contribution in [0.25, 0.3) is 0 Å². The topological polar surface area (TPSA) is 39.2 Å². The lowest BCUT2D eigenvalue weighted by Crippen LogP contribution is -2.11. The summed E-state index contributed by atoms with van der Waals surface area (Å²) < 4.78 is 5.22. The van der Waals surface area contributed by atoms with Crippen LogP contribution in [0.5, 0.6) is 0 Å². The molecule has 0 saturated heterocycles. The Kier molecular flexibility index (Phi) is 3.24. The van der Waals surface area contributed by atoms with Gasteiger partial charge in [0, 0.05) is 5.56 Å². The van der Waals surface area contributed by atoms with Crippen LogP contribution in [0.1, 0.15) is 22.9 Å². The Balaban J connectivity index is 2.38. The van der Waals surface area contributed by atoms with E-state index in [2.05, 4.69) is 0 Å². The van der Waals surface area contributed by atoms with E-state index in [-0.39, 0.29) is 6.04 Å². The summed E-state index contributed by atoms with van der Waals surface area (Å²) in [7, 11) is 0. The first-order valence-corrected chi connectivity index (χ1v) is 5.59. The molecule has 4 heteroatoms. The number of hydrogen-bond acceptors (Lipinski definition) is 2. The monoisotopic (exact) mass is 255 g/mol. The minimum absolute atomic E-state index is 0.242. The number of rotatable bonds is 2. The van der Waals surface area contributed by atoms with E-state index in [0.29, 0.717) is 10.0 Å². The van der Waals surface area contributed by atoms with Crippen LogP contribution in [0, 0.1) is 6.92 Å². The van der Waals surface area contributed by atoms with Gasteiger partial charge in [-0.15, -0.1) is 0 Å². The van der Waals surface area contributed by atoms with Crippen LogP contribution in [0.15, 0.2) is 34.9 Å². The molecule has 0 aliphatic rings. The molecule has 1 aromatic carbocycles. The molecule has 0 bridgehead atoms. The Morgan fingerprint density at radius 1 is 1.19 bits per heavy atom. The summed E-state index contributed by atoms with van der Waals surface area (Å²) in [5.74, 6) is 0.818. The van der Waals surface area contributed by atoms with Gasteiger partial charge in [0.25, 0.3) is 0 Å². The van der Waals surface area contributed by atoms with Gasteiger partial charge in [0.1, 0.15) is 5.76 Å². The molecule has 1 unspecified atom stereocenters. The molecule has 0 aliphatic carbocycles. The average Bonchev–Trinajstić information content (AvgIpc) is 2.67. The summed E-state index contributed by atoms with van der Waals surface area (Å²) in [6, 6.07) is 7.01. The van der Waals surface area contributed by atoms with Gasteiger partial charge >= 0.3 is 0 Å². The fourth-order valence-corrected chi connectivity index (χ4v) is 1.91. The summed E-state index contributed by atoms with van der Waals surface area (Å²) >= 11 is 11.8. The number of nitrogens with two attached hydrogens (primary N) is 1. The summed E-state index contributed by atoms with van der Waals surface area (Å²) in [4.78, 5) is 0. The normalized spacial score (nSPS) is 12.8. The Morgan fingerprint density at radius 2 is 1.94 bits per heavy atom. The van der Waals surface area contributed by atoms with E-state index in [0.717, 1.165) is 16.9 Å². The molecule has 2 nitrogen and oxygen atoms in total. The van der Waals surface area contributed by atoms with Gasteiger partial charge in [0.05, 0.1) is 22.4 Å². The van der Waals surface area contributed by atoms with Crippen LogP contribution in [0.4, 0.5) is 0 Å². The molecule has 0 fully saturated rings. The standard InChI is InChI=1S/C12H11Cl2NO/c1-7-9(4-5-16-7)12(15)8-2-3-10(13)11(14)6-8/h2-6,12H,15H2,1H3. The highest BCUT2D eigenvalue weighted by atomic mass is 35.5. The maximum Gasteiger partial charge on any atom is 0.105 e. The second-order valence-electron chi connectivity index (χ2n) is 3.58. The highest BCUT2D eigenvalue weighted by Crippen LogP contribution is 2.29. The van der Waals surface area contributed by atoms with Crippen LogP contribution < -0.4 is 5.73 Å². The SMILES string of the molecule is Cc1occc1C(N)c1ccc(Cl)c(Cl)c1. The predicted molar refractivity (Wildman–Crippen MR) is 65.9 cm³/mol. The Labute approximate surface area is 104 Å². The zero-order chi connectivity index (χ0) is 11.7. The first-order chi connectivity index (χ1) is 7.59. The van der Waals surface area contributed by atoms with Gasteiger partial charge < -0.3 is 10.2 Å². The van der Waals surface area contributed by atoms with Crippen LogP contribution in [0.2, 0.25) is 10.0 Å². The van der Waals surface area contributed by atoms with Gasteiger partial charge in [-0.3, -0.25) is 0 Å². The fourth-order valence-electron chi connectivity index (χ4n) is 1.60. The summed E-state index contributed by atoms with van der Waals surface area (Å²) in [5, 5.41) is 1.04. The van der Waals surface area contributed by atoms with E-state index in [4.69, 9.17) is 33.4 Å². The van der Waals surface area contributed by atoms with E-state index in [1.807, 2.05) is 19.1 Å². The number of furan rings is 1. The lowest BCUT2D eigenvalue weighted by Gasteiger charge is -2.11. The first kappa shape index (κ1) is 11.5.